The fourth-order valence-corrected chi connectivity index (χ4v) is 4.07. The molecule has 138 valence electrons. The number of nitrogens with one attached hydrogen (secondary N) is 1. The Morgan fingerprint density at radius 1 is 1.08 bits per heavy atom. The van der Waals surface area contributed by atoms with E-state index in [4.69, 9.17) is 4.74 Å². The summed E-state index contributed by atoms with van der Waals surface area (Å²) in [7, 11) is -1.49. The summed E-state index contributed by atoms with van der Waals surface area (Å²) in [6.45, 7) is 3.80. The van der Waals surface area contributed by atoms with Crippen LogP contribution < -0.4 is 10.8 Å². The first kappa shape index (κ1) is 17.7. The van der Waals surface area contributed by atoms with Gasteiger partial charge in [-0.25, -0.2) is 9.97 Å². The van der Waals surface area contributed by atoms with Gasteiger partial charge >= 0.3 is 7.12 Å². The number of hydrogen-bond acceptors (Lipinski definition) is 7. The fraction of sp³-hybridized carbons (Fsp3) is 0.556. The quantitative estimate of drug-likeness (QED) is 0.682. The van der Waals surface area contributed by atoms with E-state index in [0.29, 0.717) is 17.5 Å². The molecule has 7 nitrogen and oxygen atoms in total. The van der Waals surface area contributed by atoms with Gasteiger partial charge in [-0.1, -0.05) is 6.07 Å². The lowest BCUT2D eigenvalue weighted by Gasteiger charge is -2.39. The van der Waals surface area contributed by atoms with E-state index in [-0.39, 0.29) is 0 Å². The SMILES string of the molecule is OB(O)c1ccc2ncnc(NC3CCC(N4CCOCC4)CC3)c2c1. The summed E-state index contributed by atoms with van der Waals surface area (Å²) in [5.41, 5.74) is 1.25. The molecule has 0 bridgehead atoms. The first-order chi connectivity index (χ1) is 12.7. The summed E-state index contributed by atoms with van der Waals surface area (Å²) < 4.78 is 5.45. The Balaban J connectivity index is 1.44. The van der Waals surface area contributed by atoms with E-state index < -0.39 is 7.12 Å². The summed E-state index contributed by atoms with van der Waals surface area (Å²) >= 11 is 0. The first-order valence-electron chi connectivity index (χ1n) is 9.40. The number of hydrogen-bond donors (Lipinski definition) is 3. The number of benzene rings is 1. The molecule has 0 spiro atoms. The van der Waals surface area contributed by atoms with E-state index >= 15 is 0 Å². The molecule has 8 heteroatoms. The van der Waals surface area contributed by atoms with Crippen LogP contribution in [0.5, 0.6) is 0 Å². The molecule has 3 N–H and O–H groups in total. The van der Waals surface area contributed by atoms with Crippen molar-refractivity contribution in [3.63, 3.8) is 0 Å². The maximum atomic E-state index is 9.43. The monoisotopic (exact) mass is 356 g/mol. The minimum absolute atomic E-state index is 0.382. The second-order valence-corrected chi connectivity index (χ2v) is 7.17. The molecule has 1 aliphatic heterocycles. The summed E-state index contributed by atoms with van der Waals surface area (Å²) in [5, 5.41) is 23.2. The first-order valence-corrected chi connectivity index (χ1v) is 9.40. The van der Waals surface area contributed by atoms with Crippen molar-refractivity contribution >= 4 is 29.3 Å². The largest absolute Gasteiger partial charge is 0.488 e. The zero-order valence-corrected chi connectivity index (χ0v) is 14.8. The Bertz CT molecular complexity index is 746. The van der Waals surface area contributed by atoms with Gasteiger partial charge in [0, 0.05) is 30.6 Å². The minimum Gasteiger partial charge on any atom is -0.423 e. The normalized spacial score (nSPS) is 24.5. The summed E-state index contributed by atoms with van der Waals surface area (Å²) in [4.78, 5) is 11.2. The lowest BCUT2D eigenvalue weighted by atomic mass is 9.80. The lowest BCUT2D eigenvalue weighted by molar-refractivity contribution is 0.00791. The number of ether oxygens (including phenoxy) is 1. The summed E-state index contributed by atoms with van der Waals surface area (Å²) in [6.07, 6.45) is 6.13. The third kappa shape index (κ3) is 3.83. The van der Waals surface area contributed by atoms with Crippen molar-refractivity contribution in [3.05, 3.63) is 24.5 Å². The zero-order chi connectivity index (χ0) is 17.9. The molecule has 0 amide bonds. The molecule has 1 saturated carbocycles. The molecule has 1 aliphatic carbocycles. The summed E-state index contributed by atoms with van der Waals surface area (Å²) in [5.74, 6) is 0.771. The van der Waals surface area contributed by atoms with Crippen LogP contribution in [0.4, 0.5) is 5.82 Å². The topological polar surface area (TPSA) is 90.7 Å². The molecule has 0 radical (unpaired) electrons. The molecule has 2 fully saturated rings. The Labute approximate surface area is 153 Å². The molecule has 2 aromatic rings. The van der Waals surface area contributed by atoms with Gasteiger partial charge in [-0.05, 0) is 43.3 Å². The van der Waals surface area contributed by atoms with Crippen LogP contribution in [0.2, 0.25) is 0 Å². The standard InChI is InChI=1S/C18H25BN4O3/c24-19(25)13-1-6-17-16(11-13)18(21-12-20-17)22-14-2-4-15(5-3-14)23-7-9-26-10-8-23/h1,6,11-12,14-15,24-25H,2-5,7-10H2,(H,20,21,22). The molecule has 2 heterocycles. The minimum atomic E-state index is -1.49. The smallest absolute Gasteiger partial charge is 0.423 e. The van der Waals surface area contributed by atoms with Crippen LogP contribution in [0.1, 0.15) is 25.7 Å². The van der Waals surface area contributed by atoms with Crippen molar-refractivity contribution < 1.29 is 14.8 Å². The van der Waals surface area contributed by atoms with Gasteiger partial charge in [-0.15, -0.1) is 0 Å². The molecule has 1 aromatic heterocycles. The molecule has 1 saturated heterocycles. The molecule has 2 aliphatic rings. The van der Waals surface area contributed by atoms with Crippen molar-refractivity contribution in [1.29, 1.82) is 0 Å². The van der Waals surface area contributed by atoms with E-state index in [9.17, 15) is 10.0 Å². The van der Waals surface area contributed by atoms with Crippen LogP contribution in [0.3, 0.4) is 0 Å². The van der Waals surface area contributed by atoms with Gasteiger partial charge < -0.3 is 20.1 Å². The van der Waals surface area contributed by atoms with E-state index in [0.717, 1.165) is 55.9 Å². The highest BCUT2D eigenvalue weighted by Gasteiger charge is 2.27. The van der Waals surface area contributed by atoms with Crippen molar-refractivity contribution in [2.24, 2.45) is 0 Å². The van der Waals surface area contributed by atoms with E-state index in [1.807, 2.05) is 0 Å². The van der Waals surface area contributed by atoms with Crippen LogP contribution >= 0.6 is 0 Å². The van der Waals surface area contributed by atoms with Crippen LogP contribution in [-0.4, -0.2) is 70.4 Å². The molecule has 0 unspecified atom stereocenters. The Kier molecular flexibility index (Phi) is 5.35. The van der Waals surface area contributed by atoms with Crippen molar-refractivity contribution in [2.45, 2.75) is 37.8 Å². The van der Waals surface area contributed by atoms with Crippen LogP contribution in [0.15, 0.2) is 24.5 Å². The van der Waals surface area contributed by atoms with Gasteiger partial charge in [0.1, 0.15) is 12.1 Å². The third-order valence-corrected chi connectivity index (χ3v) is 5.56. The number of nitrogens with zero attached hydrogens (tertiary/aromatic N) is 3. The Morgan fingerprint density at radius 2 is 1.85 bits per heavy atom. The number of rotatable bonds is 4. The van der Waals surface area contributed by atoms with Crippen molar-refractivity contribution in [3.8, 4) is 0 Å². The third-order valence-electron chi connectivity index (χ3n) is 5.56. The second-order valence-electron chi connectivity index (χ2n) is 7.17. The summed E-state index contributed by atoms with van der Waals surface area (Å²) in [6, 6.07) is 6.27. The average molecular weight is 356 g/mol. The van der Waals surface area contributed by atoms with Gasteiger partial charge in [-0.3, -0.25) is 4.90 Å². The second kappa shape index (κ2) is 7.88. The van der Waals surface area contributed by atoms with Crippen LogP contribution in [-0.2, 0) is 4.74 Å². The van der Waals surface area contributed by atoms with Crippen molar-refractivity contribution in [1.82, 2.24) is 14.9 Å². The van der Waals surface area contributed by atoms with E-state index in [2.05, 4.69) is 20.2 Å². The highest BCUT2D eigenvalue weighted by atomic mass is 16.5. The molecule has 1 aromatic carbocycles. The molecular weight excluding hydrogens is 331 g/mol. The van der Waals surface area contributed by atoms with Gasteiger partial charge in [0.2, 0.25) is 0 Å². The molecule has 4 rings (SSSR count). The maximum absolute atomic E-state index is 9.43. The van der Waals surface area contributed by atoms with Gasteiger partial charge in [0.25, 0.3) is 0 Å². The van der Waals surface area contributed by atoms with Gasteiger partial charge in [-0.2, -0.15) is 0 Å². The number of anilines is 1. The zero-order valence-electron chi connectivity index (χ0n) is 14.8. The van der Waals surface area contributed by atoms with Gasteiger partial charge in [0.05, 0.1) is 18.7 Å². The predicted octanol–water partition coefficient (Wildman–Crippen LogP) is 0.365. The molecule has 26 heavy (non-hydrogen) atoms. The van der Waals surface area contributed by atoms with E-state index in [1.54, 1.807) is 24.5 Å². The fourth-order valence-electron chi connectivity index (χ4n) is 4.07. The van der Waals surface area contributed by atoms with Crippen LogP contribution in [0, 0.1) is 0 Å². The van der Waals surface area contributed by atoms with E-state index in [1.165, 1.54) is 12.8 Å². The molecule has 0 atom stereocenters. The van der Waals surface area contributed by atoms with Gasteiger partial charge in [0.15, 0.2) is 0 Å². The predicted molar refractivity (Wildman–Crippen MR) is 101 cm³/mol. The Morgan fingerprint density at radius 3 is 2.58 bits per heavy atom. The maximum Gasteiger partial charge on any atom is 0.488 e. The number of aromatic nitrogens is 2. The highest BCUT2D eigenvalue weighted by molar-refractivity contribution is 6.58. The molecular formula is C18H25BN4O3. The highest BCUT2D eigenvalue weighted by Crippen LogP contribution is 2.27. The number of morpholine rings is 1. The van der Waals surface area contributed by atoms with Crippen molar-refractivity contribution in [2.75, 3.05) is 31.6 Å². The number of fused-ring (bicyclic) bond motifs is 1. The lowest BCUT2D eigenvalue weighted by Crippen LogP contribution is -2.46. The average Bonchev–Trinajstić information content (AvgIpc) is 2.69. The Hall–Kier alpha value is -1.74. The van der Waals surface area contributed by atoms with Crippen LogP contribution in [0.25, 0.3) is 10.9 Å².